The van der Waals surface area contributed by atoms with Gasteiger partial charge in [-0.05, 0) is 18.9 Å². The predicted octanol–water partition coefficient (Wildman–Crippen LogP) is 2.07. The van der Waals surface area contributed by atoms with Crippen LogP contribution in [0.1, 0.15) is 24.6 Å². The van der Waals surface area contributed by atoms with Crippen molar-refractivity contribution >= 4 is 16.7 Å². The van der Waals surface area contributed by atoms with Crippen LogP contribution in [0.25, 0.3) is 10.9 Å². The lowest BCUT2D eigenvalue weighted by Gasteiger charge is -2.07. The van der Waals surface area contributed by atoms with Gasteiger partial charge in [-0.25, -0.2) is 24.6 Å². The maximum Gasteiger partial charge on any atom is 0.161 e. The van der Waals surface area contributed by atoms with Gasteiger partial charge in [-0.1, -0.05) is 0 Å². The number of nitrogen functional groups attached to an aromatic ring is 1. The second-order valence-electron chi connectivity index (χ2n) is 4.13. The van der Waals surface area contributed by atoms with Gasteiger partial charge < -0.3 is 5.43 Å². The monoisotopic (exact) mass is 236 g/mol. The Morgan fingerprint density at radius 3 is 2.53 bits per heavy atom. The van der Waals surface area contributed by atoms with Crippen LogP contribution in [-0.2, 0) is 0 Å². The van der Waals surface area contributed by atoms with Crippen molar-refractivity contribution in [3.05, 3.63) is 29.6 Å². The Hall–Kier alpha value is -1.82. The molecule has 0 aliphatic heterocycles. The van der Waals surface area contributed by atoms with E-state index in [9.17, 15) is 8.78 Å². The number of hydrazine groups is 1. The molecule has 1 saturated carbocycles. The van der Waals surface area contributed by atoms with E-state index in [1.165, 1.54) is 0 Å². The Balaban J connectivity index is 2.28. The van der Waals surface area contributed by atoms with Gasteiger partial charge in [0.15, 0.2) is 17.5 Å². The van der Waals surface area contributed by atoms with Crippen LogP contribution in [0.15, 0.2) is 12.1 Å². The van der Waals surface area contributed by atoms with E-state index in [4.69, 9.17) is 5.84 Å². The van der Waals surface area contributed by atoms with Gasteiger partial charge in [0.2, 0.25) is 0 Å². The van der Waals surface area contributed by atoms with Crippen LogP contribution in [0, 0.1) is 11.6 Å². The Morgan fingerprint density at radius 2 is 1.88 bits per heavy atom. The van der Waals surface area contributed by atoms with Crippen LogP contribution in [0.3, 0.4) is 0 Å². The van der Waals surface area contributed by atoms with Crippen molar-refractivity contribution in [2.45, 2.75) is 18.8 Å². The Kier molecular flexibility index (Phi) is 2.19. The number of benzene rings is 1. The minimum absolute atomic E-state index is 0.319. The Labute approximate surface area is 95.8 Å². The van der Waals surface area contributed by atoms with Crippen LogP contribution in [0.4, 0.5) is 14.6 Å². The van der Waals surface area contributed by atoms with Crippen molar-refractivity contribution in [3.63, 3.8) is 0 Å². The summed E-state index contributed by atoms with van der Waals surface area (Å²) in [6.45, 7) is 0. The highest BCUT2D eigenvalue weighted by molar-refractivity contribution is 5.89. The number of aromatic nitrogens is 2. The fraction of sp³-hybridized carbons (Fsp3) is 0.273. The number of halogens is 2. The first-order valence-electron chi connectivity index (χ1n) is 5.32. The summed E-state index contributed by atoms with van der Waals surface area (Å²) in [4.78, 5) is 8.45. The molecule has 4 nitrogen and oxygen atoms in total. The second-order valence-corrected chi connectivity index (χ2v) is 4.13. The summed E-state index contributed by atoms with van der Waals surface area (Å²) in [7, 11) is 0. The molecule has 3 rings (SSSR count). The molecule has 0 spiro atoms. The Morgan fingerprint density at radius 1 is 1.18 bits per heavy atom. The standard InChI is InChI=1S/C11H10F2N4/c12-7-3-6-9(4-8(7)13)15-10(5-1-2-5)16-11(6)17-14/h3-5H,1-2,14H2,(H,15,16,17). The van der Waals surface area contributed by atoms with Crippen LogP contribution >= 0.6 is 0 Å². The van der Waals surface area contributed by atoms with E-state index in [2.05, 4.69) is 15.4 Å². The zero-order valence-corrected chi connectivity index (χ0v) is 8.87. The quantitative estimate of drug-likeness (QED) is 0.619. The van der Waals surface area contributed by atoms with E-state index in [0.717, 1.165) is 25.0 Å². The van der Waals surface area contributed by atoms with Crippen LogP contribution < -0.4 is 11.3 Å². The van der Waals surface area contributed by atoms with E-state index in [1.807, 2.05) is 0 Å². The highest BCUT2D eigenvalue weighted by Gasteiger charge is 2.27. The zero-order valence-electron chi connectivity index (χ0n) is 8.87. The number of nitrogens with one attached hydrogen (secondary N) is 1. The average Bonchev–Trinajstić information content (AvgIpc) is 3.13. The summed E-state index contributed by atoms with van der Waals surface area (Å²) < 4.78 is 26.3. The molecule has 2 aromatic rings. The topological polar surface area (TPSA) is 63.8 Å². The first kappa shape index (κ1) is 10.3. The lowest BCUT2D eigenvalue weighted by Crippen LogP contribution is -2.11. The summed E-state index contributed by atoms with van der Waals surface area (Å²) >= 11 is 0. The average molecular weight is 236 g/mol. The summed E-state index contributed by atoms with van der Waals surface area (Å²) in [5.74, 6) is 4.77. The molecule has 0 bridgehead atoms. The number of hydrogen-bond acceptors (Lipinski definition) is 4. The first-order valence-corrected chi connectivity index (χ1v) is 5.32. The molecule has 0 unspecified atom stereocenters. The highest BCUT2D eigenvalue weighted by atomic mass is 19.2. The summed E-state index contributed by atoms with van der Waals surface area (Å²) in [5.41, 5.74) is 2.77. The second kappa shape index (κ2) is 3.59. The SMILES string of the molecule is NNc1nc(C2CC2)nc2cc(F)c(F)cc12. The normalized spacial score (nSPS) is 15.2. The lowest BCUT2D eigenvalue weighted by molar-refractivity contribution is 0.510. The van der Waals surface area contributed by atoms with E-state index in [-0.39, 0.29) is 0 Å². The first-order chi connectivity index (χ1) is 8.19. The van der Waals surface area contributed by atoms with Crippen molar-refractivity contribution < 1.29 is 8.78 Å². The molecule has 1 aromatic heterocycles. The number of rotatable bonds is 2. The number of nitrogens with two attached hydrogens (primary N) is 1. The van der Waals surface area contributed by atoms with Gasteiger partial charge in [0.05, 0.1) is 5.52 Å². The van der Waals surface area contributed by atoms with Gasteiger partial charge in [-0.15, -0.1) is 0 Å². The maximum atomic E-state index is 13.1. The summed E-state index contributed by atoms with van der Waals surface area (Å²) in [5, 5.41) is 0.385. The fourth-order valence-electron chi connectivity index (χ4n) is 1.78. The van der Waals surface area contributed by atoms with Gasteiger partial charge in [-0.3, -0.25) is 0 Å². The fourth-order valence-corrected chi connectivity index (χ4v) is 1.78. The molecular weight excluding hydrogens is 226 g/mol. The van der Waals surface area contributed by atoms with E-state index >= 15 is 0 Å². The number of hydrogen-bond donors (Lipinski definition) is 2. The van der Waals surface area contributed by atoms with E-state index in [0.29, 0.717) is 28.5 Å². The molecule has 0 radical (unpaired) electrons. The zero-order chi connectivity index (χ0) is 12.0. The van der Waals surface area contributed by atoms with Crippen molar-refractivity contribution in [2.75, 3.05) is 5.43 Å². The molecule has 17 heavy (non-hydrogen) atoms. The third-order valence-corrected chi connectivity index (χ3v) is 2.83. The minimum Gasteiger partial charge on any atom is -0.308 e. The molecule has 1 aromatic carbocycles. The van der Waals surface area contributed by atoms with Crippen molar-refractivity contribution in [2.24, 2.45) is 5.84 Å². The summed E-state index contributed by atoms with van der Waals surface area (Å²) in [6, 6.07) is 2.12. The molecular formula is C11H10F2N4. The van der Waals surface area contributed by atoms with Gasteiger partial charge in [0.1, 0.15) is 5.82 Å². The molecule has 1 aliphatic carbocycles. The molecule has 3 N–H and O–H groups in total. The van der Waals surface area contributed by atoms with Crippen molar-refractivity contribution in [3.8, 4) is 0 Å². The predicted molar refractivity (Wildman–Crippen MR) is 59.2 cm³/mol. The molecule has 1 aliphatic rings. The van der Waals surface area contributed by atoms with Crippen LogP contribution in [-0.4, -0.2) is 9.97 Å². The maximum absolute atomic E-state index is 13.1. The molecule has 1 heterocycles. The third-order valence-electron chi connectivity index (χ3n) is 2.83. The molecule has 0 saturated heterocycles. The third kappa shape index (κ3) is 1.70. The molecule has 88 valence electrons. The molecule has 6 heteroatoms. The minimum atomic E-state index is -0.934. The number of anilines is 1. The molecule has 1 fully saturated rings. The number of fused-ring (bicyclic) bond motifs is 1. The lowest BCUT2D eigenvalue weighted by atomic mass is 10.2. The Bertz CT molecular complexity index is 596. The summed E-state index contributed by atoms with van der Waals surface area (Å²) in [6.07, 6.45) is 2.05. The van der Waals surface area contributed by atoms with Gasteiger partial charge in [0, 0.05) is 17.4 Å². The van der Waals surface area contributed by atoms with Crippen molar-refractivity contribution in [1.29, 1.82) is 0 Å². The van der Waals surface area contributed by atoms with Crippen LogP contribution in [0.5, 0.6) is 0 Å². The van der Waals surface area contributed by atoms with Crippen molar-refractivity contribution in [1.82, 2.24) is 9.97 Å². The van der Waals surface area contributed by atoms with Crippen LogP contribution in [0.2, 0.25) is 0 Å². The molecule has 0 amide bonds. The van der Waals surface area contributed by atoms with Gasteiger partial charge in [-0.2, -0.15) is 0 Å². The van der Waals surface area contributed by atoms with E-state index in [1.54, 1.807) is 0 Å². The largest absolute Gasteiger partial charge is 0.308 e. The van der Waals surface area contributed by atoms with Gasteiger partial charge in [0.25, 0.3) is 0 Å². The number of nitrogens with zero attached hydrogens (tertiary/aromatic N) is 2. The van der Waals surface area contributed by atoms with Gasteiger partial charge >= 0.3 is 0 Å². The van der Waals surface area contributed by atoms with E-state index < -0.39 is 11.6 Å². The molecule has 0 atom stereocenters. The smallest absolute Gasteiger partial charge is 0.161 e. The highest BCUT2D eigenvalue weighted by Crippen LogP contribution is 2.39.